The number of hydrogen-bond acceptors (Lipinski definition) is 5. The second-order valence-electron chi connectivity index (χ2n) is 8.81. The summed E-state index contributed by atoms with van der Waals surface area (Å²) >= 11 is 0. The zero-order valence-electron chi connectivity index (χ0n) is 17.3. The van der Waals surface area contributed by atoms with Gasteiger partial charge in [-0.25, -0.2) is 4.79 Å². The van der Waals surface area contributed by atoms with Crippen molar-refractivity contribution in [2.24, 2.45) is 0 Å². The molecule has 0 saturated carbocycles. The van der Waals surface area contributed by atoms with Crippen LogP contribution in [-0.2, 0) is 25.7 Å². The van der Waals surface area contributed by atoms with Crippen molar-refractivity contribution in [1.82, 2.24) is 0 Å². The van der Waals surface area contributed by atoms with E-state index in [1.54, 1.807) is 12.1 Å². The van der Waals surface area contributed by atoms with Crippen LogP contribution in [0.25, 0.3) is 10.8 Å². The largest absolute Gasteiger partial charge is 0.425 e. The van der Waals surface area contributed by atoms with Crippen LogP contribution >= 0.6 is 0 Å². The molecule has 7 rings (SSSR count). The van der Waals surface area contributed by atoms with Crippen LogP contribution in [-0.4, -0.2) is 10.9 Å². The van der Waals surface area contributed by atoms with Crippen molar-refractivity contribution in [2.75, 3.05) is 0 Å². The first kappa shape index (κ1) is 18.5. The highest BCUT2D eigenvalue weighted by Gasteiger charge is 2.77. The molecule has 6 nitrogen and oxygen atoms in total. The van der Waals surface area contributed by atoms with E-state index in [0.29, 0.717) is 5.56 Å². The van der Waals surface area contributed by atoms with E-state index in [1.807, 2.05) is 42.5 Å². The number of carbonyl (C=O) groups is 1. The average Bonchev–Trinajstić information content (AvgIpc) is 3.46. The molecule has 3 aliphatic rings. The van der Waals surface area contributed by atoms with Crippen LogP contribution in [0.1, 0.15) is 34.1 Å². The van der Waals surface area contributed by atoms with E-state index in [0.717, 1.165) is 27.5 Å². The van der Waals surface area contributed by atoms with Gasteiger partial charge >= 0.3 is 5.97 Å². The Morgan fingerprint density at radius 3 is 2.09 bits per heavy atom. The average molecular weight is 435 g/mol. The van der Waals surface area contributed by atoms with Gasteiger partial charge in [-0.1, -0.05) is 66.7 Å². The molecule has 4 aromatic rings. The van der Waals surface area contributed by atoms with Crippen LogP contribution in [0.15, 0.2) is 91.0 Å². The highest BCUT2D eigenvalue weighted by atomic mass is 16.8. The van der Waals surface area contributed by atoms with Crippen molar-refractivity contribution < 1.29 is 19.2 Å². The van der Waals surface area contributed by atoms with E-state index in [4.69, 9.17) is 9.47 Å². The number of esters is 1. The number of fused-ring (bicyclic) bond motifs is 7. The molecular formula is C27H17NO5. The quantitative estimate of drug-likeness (QED) is 0.249. The lowest BCUT2D eigenvalue weighted by Crippen LogP contribution is -2.42. The predicted octanol–water partition coefficient (Wildman–Crippen LogP) is 5.26. The minimum atomic E-state index is -1.40. The molecule has 4 aromatic carbocycles. The van der Waals surface area contributed by atoms with Crippen molar-refractivity contribution >= 4 is 22.4 Å². The van der Waals surface area contributed by atoms with E-state index in [9.17, 15) is 14.9 Å². The Bertz CT molecular complexity index is 1480. The van der Waals surface area contributed by atoms with Gasteiger partial charge in [-0.2, -0.15) is 0 Å². The number of rotatable bonds is 3. The molecule has 0 aromatic heterocycles. The first-order valence-corrected chi connectivity index (χ1v) is 10.8. The van der Waals surface area contributed by atoms with Crippen molar-refractivity contribution in [2.45, 2.75) is 23.2 Å². The molecule has 0 radical (unpaired) electrons. The molecule has 0 N–H and O–H groups in total. The van der Waals surface area contributed by atoms with Crippen molar-refractivity contribution in [1.29, 1.82) is 0 Å². The second kappa shape index (κ2) is 6.05. The molecule has 33 heavy (non-hydrogen) atoms. The maximum absolute atomic E-state index is 13.7. The fourth-order valence-corrected chi connectivity index (χ4v) is 6.14. The molecule has 2 fully saturated rings. The number of carbonyl (C=O) groups excluding carboxylic acids is 1. The third-order valence-corrected chi connectivity index (χ3v) is 7.36. The van der Waals surface area contributed by atoms with Crippen LogP contribution < -0.4 is 0 Å². The van der Waals surface area contributed by atoms with Gasteiger partial charge in [-0.3, -0.25) is 10.1 Å². The summed E-state index contributed by atoms with van der Waals surface area (Å²) < 4.78 is 12.9. The van der Waals surface area contributed by atoms with E-state index in [-0.39, 0.29) is 17.5 Å². The predicted molar refractivity (Wildman–Crippen MR) is 120 cm³/mol. The van der Waals surface area contributed by atoms with Gasteiger partial charge in [0.25, 0.3) is 5.69 Å². The summed E-state index contributed by atoms with van der Waals surface area (Å²) in [5.41, 5.74) is 2.03. The standard InChI is InChI=1S/C27H17NO5/c29-25-26(17-12-14-19(15-13-17)28(30)31)23-20-10-4-6-16-7-5-11-21(22(16)20)24(23)27(32-25,33-26)18-8-2-1-3-9-18/h1-15,23-24H/t23-,24+,26-,27+/m0/s1. The molecule has 4 atom stereocenters. The number of nitrogens with zero attached hydrogens (tertiary/aromatic N) is 1. The second-order valence-corrected chi connectivity index (χ2v) is 8.81. The van der Waals surface area contributed by atoms with Crippen LogP contribution in [0.3, 0.4) is 0 Å². The summed E-state index contributed by atoms with van der Waals surface area (Å²) in [6, 6.07) is 27.9. The Kier molecular flexibility index (Phi) is 3.40. The molecule has 0 unspecified atom stereocenters. The highest BCUT2D eigenvalue weighted by Crippen LogP contribution is 2.73. The summed E-state index contributed by atoms with van der Waals surface area (Å²) in [7, 11) is 0. The number of ether oxygens (including phenoxy) is 2. The van der Waals surface area contributed by atoms with Gasteiger partial charge in [0.1, 0.15) is 0 Å². The zero-order valence-corrected chi connectivity index (χ0v) is 17.3. The summed E-state index contributed by atoms with van der Waals surface area (Å²) in [4.78, 5) is 24.5. The Hall–Kier alpha value is -4.03. The van der Waals surface area contributed by atoms with E-state index in [1.165, 1.54) is 12.1 Å². The molecule has 2 saturated heterocycles. The third-order valence-electron chi connectivity index (χ3n) is 7.36. The van der Waals surface area contributed by atoms with Crippen LogP contribution in [0, 0.1) is 10.1 Å². The maximum Gasteiger partial charge on any atom is 0.346 e. The monoisotopic (exact) mass is 435 g/mol. The zero-order chi connectivity index (χ0) is 22.4. The van der Waals surface area contributed by atoms with Gasteiger partial charge in [-0.15, -0.1) is 0 Å². The van der Waals surface area contributed by atoms with Crippen LogP contribution in [0.2, 0.25) is 0 Å². The van der Waals surface area contributed by atoms with Gasteiger partial charge in [-0.05, 0) is 39.6 Å². The van der Waals surface area contributed by atoms with Gasteiger partial charge in [0.2, 0.25) is 11.4 Å². The topological polar surface area (TPSA) is 78.7 Å². The highest BCUT2D eigenvalue weighted by molar-refractivity contribution is 5.97. The lowest BCUT2D eigenvalue weighted by Gasteiger charge is -2.35. The molecule has 1 aliphatic carbocycles. The van der Waals surface area contributed by atoms with Gasteiger partial charge < -0.3 is 9.47 Å². The summed E-state index contributed by atoms with van der Waals surface area (Å²) in [6.45, 7) is 0. The molecule has 6 heteroatoms. The molecule has 2 bridgehead atoms. The van der Waals surface area contributed by atoms with E-state index < -0.39 is 22.3 Å². The summed E-state index contributed by atoms with van der Waals surface area (Å²) in [5, 5.41) is 13.5. The number of hydrogen-bond donors (Lipinski definition) is 0. The maximum atomic E-state index is 13.7. The smallest absolute Gasteiger partial charge is 0.346 e. The number of non-ortho nitro benzene ring substituents is 1. The van der Waals surface area contributed by atoms with Crippen LogP contribution in [0.5, 0.6) is 0 Å². The fourth-order valence-electron chi connectivity index (χ4n) is 6.14. The van der Waals surface area contributed by atoms with Gasteiger partial charge in [0.15, 0.2) is 0 Å². The molecule has 0 spiro atoms. The molecule has 0 amide bonds. The summed E-state index contributed by atoms with van der Waals surface area (Å²) in [5.74, 6) is -2.31. The minimum absolute atomic E-state index is 0.0396. The Morgan fingerprint density at radius 2 is 1.42 bits per heavy atom. The third kappa shape index (κ3) is 2.09. The Balaban J connectivity index is 1.54. The lowest BCUT2D eigenvalue weighted by molar-refractivity contribution is -0.384. The molecular weight excluding hydrogens is 418 g/mol. The van der Waals surface area contributed by atoms with Gasteiger partial charge in [0.05, 0.1) is 10.8 Å². The first-order valence-electron chi connectivity index (χ1n) is 10.8. The Labute approximate surface area is 188 Å². The molecule has 160 valence electrons. The number of nitro groups is 1. The number of nitro benzene ring substituents is 1. The Morgan fingerprint density at radius 1 is 0.758 bits per heavy atom. The van der Waals surface area contributed by atoms with E-state index >= 15 is 0 Å². The SMILES string of the molecule is O=C1O[C@]2(c3ccccc3)O[C@@]1(c1ccc([N+](=O)[O-])cc1)[C@H]1c3cccc4cccc(c34)[C@H]12. The lowest BCUT2D eigenvalue weighted by atomic mass is 9.70. The molecule has 2 heterocycles. The van der Waals surface area contributed by atoms with E-state index in [2.05, 4.69) is 24.3 Å². The molecule has 2 aliphatic heterocycles. The normalized spacial score (nSPS) is 28.7. The van der Waals surface area contributed by atoms with Crippen molar-refractivity contribution in [3.05, 3.63) is 123 Å². The first-order chi connectivity index (χ1) is 16.1. The van der Waals surface area contributed by atoms with Gasteiger partial charge in [0, 0.05) is 23.6 Å². The van der Waals surface area contributed by atoms with Crippen molar-refractivity contribution in [3.8, 4) is 0 Å². The van der Waals surface area contributed by atoms with Crippen LogP contribution in [0.4, 0.5) is 5.69 Å². The summed E-state index contributed by atoms with van der Waals surface area (Å²) in [6.07, 6.45) is 0. The van der Waals surface area contributed by atoms with Crippen molar-refractivity contribution in [3.63, 3.8) is 0 Å². The minimum Gasteiger partial charge on any atom is -0.425 e. The number of benzene rings is 4. The fraction of sp³-hybridized carbons (Fsp3) is 0.148.